The van der Waals surface area contributed by atoms with Crippen molar-refractivity contribution in [1.82, 2.24) is 4.90 Å². The molecule has 0 spiro atoms. The molecule has 1 heterocycles. The summed E-state index contributed by atoms with van der Waals surface area (Å²) in [6.07, 6.45) is 0. The van der Waals surface area contributed by atoms with Crippen LogP contribution in [0.1, 0.15) is 22.3 Å². The van der Waals surface area contributed by atoms with Crippen LogP contribution in [-0.4, -0.2) is 43.4 Å². The summed E-state index contributed by atoms with van der Waals surface area (Å²) in [4.78, 5) is 2.38. The van der Waals surface area contributed by atoms with Gasteiger partial charge >= 0.3 is 0 Å². The molecule has 1 aliphatic rings. The molecule has 0 aliphatic carbocycles. The van der Waals surface area contributed by atoms with Crippen molar-refractivity contribution in [3.63, 3.8) is 0 Å². The Morgan fingerprint density at radius 3 is 2.20 bits per heavy atom. The fourth-order valence-corrected chi connectivity index (χ4v) is 4.03. The predicted octanol–water partition coefficient (Wildman–Crippen LogP) is 4.47. The van der Waals surface area contributed by atoms with Crippen molar-refractivity contribution in [1.29, 1.82) is 0 Å². The Morgan fingerprint density at radius 1 is 0.933 bits per heavy atom. The summed E-state index contributed by atoms with van der Waals surface area (Å²) < 4.78 is 10.8. The van der Waals surface area contributed by atoms with E-state index in [0.717, 1.165) is 49.5 Å². The van der Waals surface area contributed by atoms with Gasteiger partial charge in [-0.2, -0.15) is 0 Å². The van der Waals surface area contributed by atoms with E-state index in [1.807, 2.05) is 48.5 Å². The lowest BCUT2D eigenvalue weighted by molar-refractivity contribution is 0.0342. The smallest absolute Gasteiger partial charge is 0.140 e. The minimum Gasteiger partial charge on any atom is -0.497 e. The van der Waals surface area contributed by atoms with Gasteiger partial charge in [0.05, 0.1) is 20.3 Å². The molecule has 1 unspecified atom stereocenters. The van der Waals surface area contributed by atoms with Crippen LogP contribution < -0.4 is 4.74 Å². The summed E-state index contributed by atoms with van der Waals surface area (Å²) in [6, 6.07) is 23.1. The molecule has 30 heavy (non-hydrogen) atoms. The second-order valence-electron chi connectivity index (χ2n) is 7.53. The predicted molar refractivity (Wildman–Crippen MR) is 119 cm³/mol. The SMILES string of the molecule is COc1cccc(C(O)(c2ccc(Cl)cc2)c2ccc(CN3CCOCC3)cc2)c1. The maximum Gasteiger partial charge on any atom is 0.140 e. The molecule has 4 nitrogen and oxygen atoms in total. The van der Waals surface area contributed by atoms with Gasteiger partial charge in [0.1, 0.15) is 11.4 Å². The Kier molecular flexibility index (Phi) is 6.40. The van der Waals surface area contributed by atoms with E-state index in [0.29, 0.717) is 10.8 Å². The van der Waals surface area contributed by atoms with Gasteiger partial charge in [0.2, 0.25) is 0 Å². The number of nitrogens with zero attached hydrogens (tertiary/aromatic N) is 1. The molecular formula is C25H26ClNO3. The van der Waals surface area contributed by atoms with Crippen molar-refractivity contribution in [3.8, 4) is 5.75 Å². The average Bonchev–Trinajstić information content (AvgIpc) is 2.80. The molecule has 1 aliphatic heterocycles. The molecule has 0 bridgehead atoms. The Morgan fingerprint density at radius 2 is 1.57 bits per heavy atom. The number of methoxy groups -OCH3 is 1. The van der Waals surface area contributed by atoms with Gasteiger partial charge in [-0.25, -0.2) is 0 Å². The summed E-state index contributed by atoms with van der Waals surface area (Å²) in [6.45, 7) is 4.33. The lowest BCUT2D eigenvalue weighted by Crippen LogP contribution is -2.35. The van der Waals surface area contributed by atoms with Crippen molar-refractivity contribution >= 4 is 11.6 Å². The highest BCUT2D eigenvalue weighted by atomic mass is 35.5. The highest BCUT2D eigenvalue weighted by molar-refractivity contribution is 6.30. The molecule has 3 aromatic rings. The molecule has 3 aromatic carbocycles. The van der Waals surface area contributed by atoms with Gasteiger partial charge in [0, 0.05) is 24.7 Å². The third-order valence-corrected chi connectivity index (χ3v) is 5.88. The number of ether oxygens (including phenoxy) is 2. The largest absolute Gasteiger partial charge is 0.497 e. The molecule has 1 saturated heterocycles. The Balaban J connectivity index is 1.71. The standard InChI is InChI=1S/C25H26ClNO3/c1-29-24-4-2-3-22(17-24)25(28,21-9-11-23(26)12-10-21)20-7-5-19(6-8-20)18-27-13-15-30-16-14-27/h2-12,17,28H,13-16,18H2,1H3. The van der Waals surface area contributed by atoms with E-state index in [4.69, 9.17) is 21.1 Å². The molecule has 0 aromatic heterocycles. The second kappa shape index (κ2) is 9.19. The van der Waals surface area contributed by atoms with Crippen LogP contribution in [0.2, 0.25) is 5.02 Å². The van der Waals surface area contributed by atoms with Crippen LogP contribution >= 0.6 is 11.6 Å². The first-order chi connectivity index (χ1) is 14.6. The summed E-state index contributed by atoms with van der Waals surface area (Å²) in [5.74, 6) is 0.698. The average molecular weight is 424 g/mol. The van der Waals surface area contributed by atoms with E-state index in [1.54, 1.807) is 19.2 Å². The first-order valence-electron chi connectivity index (χ1n) is 10.1. The van der Waals surface area contributed by atoms with Gasteiger partial charge in [-0.15, -0.1) is 0 Å². The van der Waals surface area contributed by atoms with E-state index in [2.05, 4.69) is 17.0 Å². The van der Waals surface area contributed by atoms with E-state index >= 15 is 0 Å². The fourth-order valence-electron chi connectivity index (χ4n) is 3.91. The first-order valence-corrected chi connectivity index (χ1v) is 10.5. The third kappa shape index (κ3) is 4.37. The highest BCUT2D eigenvalue weighted by Crippen LogP contribution is 2.38. The van der Waals surface area contributed by atoms with Gasteiger partial charge in [0.15, 0.2) is 0 Å². The van der Waals surface area contributed by atoms with Crippen LogP contribution in [0.5, 0.6) is 5.75 Å². The monoisotopic (exact) mass is 423 g/mol. The molecule has 5 heteroatoms. The summed E-state index contributed by atoms with van der Waals surface area (Å²) in [5, 5.41) is 12.7. The van der Waals surface area contributed by atoms with Gasteiger partial charge in [-0.1, -0.05) is 60.1 Å². The zero-order valence-electron chi connectivity index (χ0n) is 17.1. The van der Waals surface area contributed by atoms with Crippen molar-refractivity contribution in [2.24, 2.45) is 0 Å². The molecule has 156 valence electrons. The number of morpholine rings is 1. The summed E-state index contributed by atoms with van der Waals surface area (Å²) >= 11 is 6.10. The number of halogens is 1. The molecule has 0 saturated carbocycles. The molecule has 1 N–H and O–H groups in total. The van der Waals surface area contributed by atoms with Crippen LogP contribution in [-0.2, 0) is 16.9 Å². The first kappa shape index (κ1) is 20.9. The quantitative estimate of drug-likeness (QED) is 0.594. The van der Waals surface area contributed by atoms with Crippen molar-refractivity contribution in [2.75, 3.05) is 33.4 Å². The van der Waals surface area contributed by atoms with Crippen molar-refractivity contribution in [2.45, 2.75) is 12.1 Å². The van der Waals surface area contributed by atoms with Gasteiger partial charge < -0.3 is 14.6 Å². The molecule has 4 rings (SSSR count). The molecule has 0 radical (unpaired) electrons. The minimum atomic E-state index is -1.32. The van der Waals surface area contributed by atoms with Crippen molar-refractivity contribution < 1.29 is 14.6 Å². The normalized spacial score (nSPS) is 16.8. The Bertz CT molecular complexity index is 968. The van der Waals surface area contributed by atoms with Crippen LogP contribution in [0.15, 0.2) is 72.8 Å². The maximum absolute atomic E-state index is 12.0. The lowest BCUT2D eigenvalue weighted by atomic mass is 9.80. The molecule has 1 atom stereocenters. The van der Waals surface area contributed by atoms with Crippen LogP contribution in [0.4, 0.5) is 0 Å². The number of hydrogen-bond acceptors (Lipinski definition) is 4. The zero-order chi connectivity index (χ0) is 21.0. The van der Waals surface area contributed by atoms with Gasteiger partial charge in [-0.3, -0.25) is 4.90 Å². The summed E-state index contributed by atoms with van der Waals surface area (Å²) in [5.41, 5.74) is 2.18. The van der Waals surface area contributed by atoms with Gasteiger partial charge in [-0.05, 0) is 46.5 Å². The Hall–Kier alpha value is -2.37. The highest BCUT2D eigenvalue weighted by Gasteiger charge is 2.34. The lowest BCUT2D eigenvalue weighted by Gasteiger charge is -2.31. The maximum atomic E-state index is 12.0. The minimum absolute atomic E-state index is 0.632. The van der Waals surface area contributed by atoms with Gasteiger partial charge in [0.25, 0.3) is 0 Å². The van der Waals surface area contributed by atoms with Crippen molar-refractivity contribution in [3.05, 3.63) is 100 Å². The molecule has 0 amide bonds. The topological polar surface area (TPSA) is 41.9 Å². The van der Waals surface area contributed by atoms with Crippen LogP contribution in [0.3, 0.4) is 0 Å². The number of benzene rings is 3. The zero-order valence-corrected chi connectivity index (χ0v) is 17.8. The number of rotatable bonds is 6. The number of aliphatic hydroxyl groups is 1. The molecule has 1 fully saturated rings. The van der Waals surface area contributed by atoms with E-state index in [-0.39, 0.29) is 0 Å². The molecular weight excluding hydrogens is 398 g/mol. The van der Waals surface area contributed by atoms with Crippen LogP contribution in [0.25, 0.3) is 0 Å². The summed E-state index contributed by atoms with van der Waals surface area (Å²) in [7, 11) is 1.63. The van der Waals surface area contributed by atoms with Crippen LogP contribution in [0, 0.1) is 0 Å². The Labute approximate surface area is 182 Å². The third-order valence-electron chi connectivity index (χ3n) is 5.63. The second-order valence-corrected chi connectivity index (χ2v) is 7.97. The van der Waals surface area contributed by atoms with E-state index in [9.17, 15) is 5.11 Å². The number of hydrogen-bond donors (Lipinski definition) is 1. The van der Waals surface area contributed by atoms with E-state index in [1.165, 1.54) is 5.56 Å². The van der Waals surface area contributed by atoms with E-state index < -0.39 is 5.60 Å². The fraction of sp³-hybridized carbons (Fsp3) is 0.280.